The summed E-state index contributed by atoms with van der Waals surface area (Å²) in [4.78, 5) is 11.7. The highest BCUT2D eigenvalue weighted by molar-refractivity contribution is 5.93. The summed E-state index contributed by atoms with van der Waals surface area (Å²) in [5.74, 6) is 2.02. The molecule has 1 aliphatic heterocycles. The van der Waals surface area contributed by atoms with E-state index in [9.17, 15) is 5.11 Å². The molecule has 0 bridgehead atoms. The molecule has 1 saturated carbocycles. The molecule has 0 amide bonds. The van der Waals surface area contributed by atoms with Crippen molar-refractivity contribution in [3.63, 3.8) is 0 Å². The number of methoxy groups -OCH3 is 1. The number of rotatable bonds is 4. The molecule has 3 aromatic heterocycles. The molecule has 3 atom stereocenters. The Kier molecular flexibility index (Phi) is 4.83. The van der Waals surface area contributed by atoms with Gasteiger partial charge < -0.3 is 20.5 Å². The highest BCUT2D eigenvalue weighted by Crippen LogP contribution is 2.33. The first-order valence-electron chi connectivity index (χ1n) is 11.6. The van der Waals surface area contributed by atoms with Gasteiger partial charge in [0, 0.05) is 36.7 Å². The van der Waals surface area contributed by atoms with Gasteiger partial charge in [-0.2, -0.15) is 9.61 Å². The summed E-state index contributed by atoms with van der Waals surface area (Å²) in [6.45, 7) is 1.78. The molecular formula is C23H28N8O2. The zero-order valence-electron chi connectivity index (χ0n) is 18.6. The van der Waals surface area contributed by atoms with Crippen LogP contribution < -0.4 is 15.4 Å². The zero-order valence-corrected chi connectivity index (χ0v) is 18.6. The Morgan fingerprint density at radius 2 is 2.06 bits per heavy atom. The van der Waals surface area contributed by atoms with E-state index in [-0.39, 0.29) is 18.1 Å². The van der Waals surface area contributed by atoms with Crippen LogP contribution in [0.5, 0.6) is 5.75 Å². The number of nitrogens with zero attached hydrogens (tertiary/aromatic N) is 7. The topological polar surface area (TPSA) is 120 Å². The van der Waals surface area contributed by atoms with Gasteiger partial charge in [-0.3, -0.25) is 4.68 Å². The first kappa shape index (κ1) is 20.2. The number of nitrogens with two attached hydrogens (primary N) is 1. The minimum Gasteiger partial charge on any atom is -0.497 e. The number of aliphatic hydroxyl groups is 1. The molecule has 3 N–H and O–H groups in total. The molecule has 4 heterocycles. The zero-order chi connectivity index (χ0) is 22.5. The van der Waals surface area contributed by atoms with Gasteiger partial charge in [0.05, 0.1) is 36.7 Å². The maximum atomic E-state index is 10.2. The maximum absolute atomic E-state index is 10.2. The summed E-state index contributed by atoms with van der Waals surface area (Å²) < 4.78 is 8.90. The van der Waals surface area contributed by atoms with Crippen LogP contribution in [0, 0.1) is 0 Å². The van der Waals surface area contributed by atoms with E-state index in [4.69, 9.17) is 20.6 Å². The average Bonchev–Trinajstić information content (AvgIpc) is 3.58. The van der Waals surface area contributed by atoms with Crippen molar-refractivity contribution in [2.45, 2.75) is 50.2 Å². The number of aromatic nitrogens is 6. The minimum absolute atomic E-state index is 0.0850. The Bertz CT molecular complexity index is 1310. The second kappa shape index (κ2) is 7.87. The van der Waals surface area contributed by atoms with Crippen molar-refractivity contribution < 1.29 is 9.84 Å². The van der Waals surface area contributed by atoms with Gasteiger partial charge in [-0.05, 0) is 44.2 Å². The van der Waals surface area contributed by atoms with Crippen LogP contribution in [0.1, 0.15) is 49.9 Å². The Morgan fingerprint density at radius 3 is 2.88 bits per heavy atom. The molecule has 1 aromatic carbocycles. The van der Waals surface area contributed by atoms with Crippen LogP contribution >= 0.6 is 0 Å². The Balaban J connectivity index is 1.29. The molecule has 172 valence electrons. The molecular weight excluding hydrogens is 420 g/mol. The third kappa shape index (κ3) is 3.45. The number of nitrogen functional groups attached to an aromatic ring is 1. The number of anilines is 2. The number of benzene rings is 1. The molecule has 0 radical (unpaired) electrons. The predicted octanol–water partition coefficient (Wildman–Crippen LogP) is 2.53. The fourth-order valence-electron chi connectivity index (χ4n) is 5.25. The quantitative estimate of drug-likeness (QED) is 0.489. The fourth-order valence-corrected chi connectivity index (χ4v) is 5.25. The maximum Gasteiger partial charge on any atom is 0.223 e. The van der Waals surface area contributed by atoms with Crippen LogP contribution in [0.15, 0.2) is 30.6 Å². The molecule has 1 saturated heterocycles. The minimum atomic E-state index is -0.303. The average molecular weight is 449 g/mol. The molecule has 10 heteroatoms. The molecule has 10 nitrogen and oxygen atoms in total. The third-order valence-corrected chi connectivity index (χ3v) is 7.04. The Morgan fingerprint density at radius 1 is 1.15 bits per heavy atom. The lowest BCUT2D eigenvalue weighted by atomic mass is 9.97. The lowest BCUT2D eigenvalue weighted by Gasteiger charge is -2.32. The van der Waals surface area contributed by atoms with E-state index in [0.717, 1.165) is 79.0 Å². The van der Waals surface area contributed by atoms with E-state index in [2.05, 4.69) is 21.2 Å². The van der Waals surface area contributed by atoms with Crippen molar-refractivity contribution >= 4 is 28.2 Å². The largest absolute Gasteiger partial charge is 0.497 e. The second-order valence-corrected chi connectivity index (χ2v) is 9.09. The summed E-state index contributed by atoms with van der Waals surface area (Å²) in [6.07, 6.45) is 8.62. The smallest absolute Gasteiger partial charge is 0.223 e. The summed E-state index contributed by atoms with van der Waals surface area (Å²) >= 11 is 0. The van der Waals surface area contributed by atoms with Crippen molar-refractivity contribution in [1.29, 1.82) is 0 Å². The molecule has 0 spiro atoms. The van der Waals surface area contributed by atoms with E-state index in [1.807, 2.05) is 29.1 Å². The van der Waals surface area contributed by atoms with Crippen LogP contribution in [-0.2, 0) is 0 Å². The summed E-state index contributed by atoms with van der Waals surface area (Å²) in [6, 6.07) is 5.80. The number of hydrogen-bond donors (Lipinski definition) is 2. The molecule has 1 aliphatic carbocycles. The van der Waals surface area contributed by atoms with Crippen molar-refractivity contribution in [3.8, 4) is 5.75 Å². The number of aliphatic hydroxyl groups excluding tert-OH is 1. The van der Waals surface area contributed by atoms with E-state index >= 15 is 0 Å². The third-order valence-electron chi connectivity index (χ3n) is 7.04. The predicted molar refractivity (Wildman–Crippen MR) is 125 cm³/mol. The monoisotopic (exact) mass is 448 g/mol. The van der Waals surface area contributed by atoms with Gasteiger partial charge >= 0.3 is 0 Å². The van der Waals surface area contributed by atoms with Gasteiger partial charge in [-0.25, -0.2) is 9.97 Å². The van der Waals surface area contributed by atoms with Crippen molar-refractivity contribution in [3.05, 3.63) is 36.4 Å². The first-order valence-corrected chi connectivity index (χ1v) is 11.6. The lowest BCUT2D eigenvalue weighted by molar-refractivity contribution is 0.130. The van der Waals surface area contributed by atoms with Gasteiger partial charge in [-0.15, -0.1) is 5.10 Å². The number of ether oxygens (including phenoxy) is 1. The van der Waals surface area contributed by atoms with Crippen molar-refractivity contribution in [1.82, 2.24) is 29.4 Å². The van der Waals surface area contributed by atoms with Gasteiger partial charge in [0.2, 0.25) is 5.95 Å². The van der Waals surface area contributed by atoms with Crippen molar-refractivity contribution in [2.75, 3.05) is 30.8 Å². The van der Waals surface area contributed by atoms with E-state index in [1.165, 1.54) is 0 Å². The molecule has 2 fully saturated rings. The standard InChI is InChI=1S/C23H28N8O2/c1-33-16-7-8-17-18(10-16)26-23(24)31-22(17)27-21(28-31)14-4-3-9-29(12-14)15-11-25-30(13-15)19-5-2-6-20(19)32/h7-8,10-11,13-14,19-20,32H,2-6,9,12H2,1H3,(H2,24,26)/t14-,19?,20-/m1/s1. The van der Waals surface area contributed by atoms with Crippen LogP contribution in [0.2, 0.25) is 0 Å². The fraction of sp³-hybridized carbons (Fsp3) is 0.478. The molecule has 1 unspecified atom stereocenters. The number of fused-ring (bicyclic) bond motifs is 3. The van der Waals surface area contributed by atoms with Crippen LogP contribution in [0.4, 0.5) is 11.6 Å². The number of piperidine rings is 1. The van der Waals surface area contributed by atoms with Gasteiger partial charge in [0.15, 0.2) is 11.5 Å². The molecule has 33 heavy (non-hydrogen) atoms. The lowest BCUT2D eigenvalue weighted by Crippen LogP contribution is -2.34. The van der Waals surface area contributed by atoms with E-state index < -0.39 is 0 Å². The summed E-state index contributed by atoms with van der Waals surface area (Å²) in [7, 11) is 1.63. The van der Waals surface area contributed by atoms with Gasteiger partial charge in [-0.1, -0.05) is 0 Å². The molecule has 6 rings (SSSR count). The normalized spacial score (nSPS) is 23.6. The van der Waals surface area contributed by atoms with E-state index in [1.54, 1.807) is 11.6 Å². The van der Waals surface area contributed by atoms with Crippen LogP contribution in [0.3, 0.4) is 0 Å². The Hall–Kier alpha value is -3.40. The summed E-state index contributed by atoms with van der Waals surface area (Å²) in [5, 5.41) is 20.4. The number of hydrogen-bond acceptors (Lipinski definition) is 8. The highest BCUT2D eigenvalue weighted by Gasteiger charge is 2.30. The van der Waals surface area contributed by atoms with E-state index in [0.29, 0.717) is 5.95 Å². The van der Waals surface area contributed by atoms with Gasteiger partial charge in [0.1, 0.15) is 5.75 Å². The SMILES string of the molecule is COc1ccc2c(c1)nc(N)n1nc([C@@H]3CCCN(c4cnn(C5CCC[C@H]5O)c4)C3)nc21. The summed E-state index contributed by atoms with van der Waals surface area (Å²) in [5.41, 5.74) is 8.76. The first-order chi connectivity index (χ1) is 16.1. The molecule has 2 aliphatic rings. The molecule has 4 aromatic rings. The Labute approximate surface area is 191 Å². The second-order valence-electron chi connectivity index (χ2n) is 9.09. The van der Waals surface area contributed by atoms with Crippen LogP contribution in [-0.4, -0.2) is 60.8 Å². The van der Waals surface area contributed by atoms with Gasteiger partial charge in [0.25, 0.3) is 0 Å². The van der Waals surface area contributed by atoms with Crippen molar-refractivity contribution in [2.24, 2.45) is 0 Å². The van der Waals surface area contributed by atoms with Crippen LogP contribution in [0.25, 0.3) is 16.6 Å². The highest BCUT2D eigenvalue weighted by atomic mass is 16.5.